The summed E-state index contributed by atoms with van der Waals surface area (Å²) in [7, 11) is -2.06. The van der Waals surface area contributed by atoms with Gasteiger partial charge in [-0.05, 0) is 62.6 Å². The molecule has 0 heterocycles. The zero-order valence-electron chi connectivity index (χ0n) is 17.2. The fraction of sp³-hybridized carbons (Fsp3) is 0.381. The largest absolute Gasteiger partial charge is 0.497 e. The highest BCUT2D eigenvalue weighted by molar-refractivity contribution is 7.92. The number of ether oxygens (including phenoxy) is 1. The van der Waals surface area contributed by atoms with Gasteiger partial charge in [0.25, 0.3) is 0 Å². The van der Waals surface area contributed by atoms with Crippen molar-refractivity contribution in [2.75, 3.05) is 17.7 Å². The van der Waals surface area contributed by atoms with Gasteiger partial charge in [0, 0.05) is 0 Å². The maximum Gasteiger partial charge on any atom is 0.244 e. The number of sulfonamides is 1. The smallest absolute Gasteiger partial charge is 0.244 e. The van der Waals surface area contributed by atoms with E-state index in [1.54, 1.807) is 20.1 Å². The van der Waals surface area contributed by atoms with E-state index >= 15 is 0 Å². The van der Waals surface area contributed by atoms with Crippen molar-refractivity contribution in [1.29, 1.82) is 0 Å². The predicted molar refractivity (Wildman–Crippen MR) is 112 cm³/mol. The van der Waals surface area contributed by atoms with Gasteiger partial charge in [0.1, 0.15) is 11.8 Å². The third-order valence-corrected chi connectivity index (χ3v) is 5.89. The number of benzene rings is 2. The van der Waals surface area contributed by atoms with Gasteiger partial charge < -0.3 is 10.1 Å². The lowest BCUT2D eigenvalue weighted by Crippen LogP contribution is -2.48. The molecule has 2 atom stereocenters. The van der Waals surface area contributed by atoms with Crippen LogP contribution in [0.4, 0.5) is 5.69 Å². The Kier molecular flexibility index (Phi) is 6.72. The maximum absolute atomic E-state index is 12.9. The summed E-state index contributed by atoms with van der Waals surface area (Å²) >= 11 is 0. The molecule has 1 N–H and O–H groups in total. The average Bonchev–Trinajstić information content (AvgIpc) is 2.63. The molecular formula is C21H28N2O4S. The minimum atomic E-state index is -3.65. The average molecular weight is 405 g/mol. The molecule has 0 aliphatic heterocycles. The van der Waals surface area contributed by atoms with Gasteiger partial charge in [-0.25, -0.2) is 8.42 Å². The number of hydrogen-bond donors (Lipinski definition) is 1. The summed E-state index contributed by atoms with van der Waals surface area (Å²) in [6.45, 7) is 7.17. The van der Waals surface area contributed by atoms with Crippen LogP contribution in [0.2, 0.25) is 0 Å². The Balaban J connectivity index is 2.27. The molecule has 7 heteroatoms. The van der Waals surface area contributed by atoms with Gasteiger partial charge in [0.15, 0.2) is 0 Å². The minimum absolute atomic E-state index is 0.277. The number of carbonyl (C=O) groups excluding carboxylic acids is 1. The third-order valence-electron chi connectivity index (χ3n) is 4.67. The zero-order chi connectivity index (χ0) is 21.1. The van der Waals surface area contributed by atoms with Crippen LogP contribution in [-0.2, 0) is 14.8 Å². The van der Waals surface area contributed by atoms with E-state index in [9.17, 15) is 13.2 Å². The first-order valence-electron chi connectivity index (χ1n) is 9.05. The molecule has 152 valence electrons. The highest BCUT2D eigenvalue weighted by Gasteiger charge is 2.30. The van der Waals surface area contributed by atoms with Gasteiger partial charge in [0.05, 0.1) is 25.1 Å². The number of hydrogen-bond acceptors (Lipinski definition) is 4. The lowest BCUT2D eigenvalue weighted by atomic mass is 10.1. The van der Waals surface area contributed by atoms with E-state index in [0.29, 0.717) is 5.69 Å². The van der Waals surface area contributed by atoms with E-state index in [0.717, 1.165) is 28.7 Å². The molecular weight excluding hydrogens is 376 g/mol. The lowest BCUT2D eigenvalue weighted by Gasteiger charge is -2.30. The SMILES string of the molecule is COc1ccc([C@@H](C)NC(=O)[C@H](C)N(c2cc(C)ccc2C)S(C)(=O)=O)cc1. The summed E-state index contributed by atoms with van der Waals surface area (Å²) in [5.74, 6) is 0.364. The normalized spacial score (nSPS) is 13.5. The van der Waals surface area contributed by atoms with E-state index in [-0.39, 0.29) is 11.9 Å². The van der Waals surface area contributed by atoms with Crippen LogP contribution in [0.1, 0.15) is 36.6 Å². The number of aryl methyl sites for hydroxylation is 2. The molecule has 0 saturated carbocycles. The van der Waals surface area contributed by atoms with E-state index in [4.69, 9.17) is 4.74 Å². The van der Waals surface area contributed by atoms with Gasteiger partial charge in [-0.1, -0.05) is 24.3 Å². The molecule has 0 bridgehead atoms. The topological polar surface area (TPSA) is 75.7 Å². The van der Waals surface area contributed by atoms with Crippen LogP contribution in [0.5, 0.6) is 5.75 Å². The van der Waals surface area contributed by atoms with Crippen LogP contribution in [0, 0.1) is 13.8 Å². The molecule has 1 amide bonds. The molecule has 0 saturated heterocycles. The Labute approximate surface area is 167 Å². The Hall–Kier alpha value is -2.54. The summed E-state index contributed by atoms with van der Waals surface area (Å²) in [5, 5.41) is 2.90. The minimum Gasteiger partial charge on any atom is -0.497 e. The molecule has 0 aliphatic carbocycles. The molecule has 6 nitrogen and oxygen atoms in total. The number of nitrogens with one attached hydrogen (secondary N) is 1. The maximum atomic E-state index is 12.9. The van der Waals surface area contributed by atoms with E-state index in [1.165, 1.54) is 4.31 Å². The van der Waals surface area contributed by atoms with Crippen LogP contribution in [0.25, 0.3) is 0 Å². The van der Waals surface area contributed by atoms with Crippen molar-refractivity contribution in [2.45, 2.75) is 39.8 Å². The number of anilines is 1. The standard InChI is InChI=1S/C21H28N2O4S/c1-14-7-8-15(2)20(13-14)23(28(6,25)26)17(4)21(24)22-16(3)18-9-11-19(27-5)12-10-18/h7-13,16-17H,1-6H3,(H,22,24)/t16-,17+/m1/s1. The summed E-state index contributed by atoms with van der Waals surface area (Å²) in [6, 6.07) is 11.8. The molecule has 0 fully saturated rings. The van der Waals surface area contributed by atoms with Gasteiger partial charge >= 0.3 is 0 Å². The van der Waals surface area contributed by atoms with Crippen molar-refractivity contribution in [1.82, 2.24) is 5.32 Å². The van der Waals surface area contributed by atoms with Gasteiger partial charge in [-0.15, -0.1) is 0 Å². The number of amides is 1. The third kappa shape index (κ3) is 5.04. The fourth-order valence-electron chi connectivity index (χ4n) is 3.05. The van der Waals surface area contributed by atoms with Crippen LogP contribution >= 0.6 is 0 Å². The number of carbonyl (C=O) groups is 1. The second-order valence-electron chi connectivity index (χ2n) is 7.03. The first-order chi connectivity index (χ1) is 13.0. The molecule has 2 aromatic rings. The summed E-state index contributed by atoms with van der Waals surface area (Å²) < 4.78 is 31.3. The quantitative estimate of drug-likeness (QED) is 0.768. The Bertz CT molecular complexity index is 939. The first-order valence-corrected chi connectivity index (χ1v) is 10.9. The van der Waals surface area contributed by atoms with Gasteiger partial charge in [0.2, 0.25) is 15.9 Å². The summed E-state index contributed by atoms with van der Waals surface area (Å²) in [4.78, 5) is 12.9. The molecule has 2 aromatic carbocycles. The monoisotopic (exact) mass is 404 g/mol. The Morgan fingerprint density at radius 2 is 1.68 bits per heavy atom. The fourth-order valence-corrected chi connectivity index (χ4v) is 4.27. The molecule has 0 radical (unpaired) electrons. The van der Waals surface area contributed by atoms with Crippen LogP contribution < -0.4 is 14.4 Å². The van der Waals surface area contributed by atoms with Crippen molar-refractivity contribution in [3.8, 4) is 5.75 Å². The zero-order valence-corrected chi connectivity index (χ0v) is 18.0. The highest BCUT2D eigenvalue weighted by Crippen LogP contribution is 2.27. The molecule has 0 spiro atoms. The highest BCUT2D eigenvalue weighted by atomic mass is 32.2. The molecule has 2 rings (SSSR count). The number of rotatable bonds is 7. The van der Waals surface area contributed by atoms with Gasteiger partial charge in [-0.3, -0.25) is 9.10 Å². The van der Waals surface area contributed by atoms with Crippen LogP contribution in [-0.4, -0.2) is 33.7 Å². The van der Waals surface area contributed by atoms with Crippen LogP contribution in [0.15, 0.2) is 42.5 Å². The second-order valence-corrected chi connectivity index (χ2v) is 8.89. The molecule has 0 aliphatic rings. The van der Waals surface area contributed by atoms with E-state index in [2.05, 4.69) is 5.32 Å². The number of nitrogens with zero attached hydrogens (tertiary/aromatic N) is 1. The van der Waals surface area contributed by atoms with E-state index < -0.39 is 16.1 Å². The predicted octanol–water partition coefficient (Wildman–Crippen LogP) is 3.34. The first kappa shape index (κ1) is 21.8. The number of methoxy groups -OCH3 is 1. The van der Waals surface area contributed by atoms with Crippen molar-refractivity contribution < 1.29 is 17.9 Å². The van der Waals surface area contributed by atoms with Crippen molar-refractivity contribution in [2.24, 2.45) is 0 Å². The molecule has 28 heavy (non-hydrogen) atoms. The Morgan fingerprint density at radius 1 is 1.07 bits per heavy atom. The molecule has 0 aromatic heterocycles. The summed E-state index contributed by atoms with van der Waals surface area (Å²) in [6.07, 6.45) is 1.12. The van der Waals surface area contributed by atoms with Crippen molar-refractivity contribution >= 4 is 21.6 Å². The summed E-state index contributed by atoms with van der Waals surface area (Å²) in [5.41, 5.74) is 3.13. The van der Waals surface area contributed by atoms with Crippen molar-refractivity contribution in [3.05, 3.63) is 59.2 Å². The second kappa shape index (κ2) is 8.65. The lowest BCUT2D eigenvalue weighted by molar-refractivity contribution is -0.122. The molecule has 0 unspecified atom stereocenters. The van der Waals surface area contributed by atoms with Crippen molar-refractivity contribution in [3.63, 3.8) is 0 Å². The van der Waals surface area contributed by atoms with E-state index in [1.807, 2.05) is 57.2 Å². The Morgan fingerprint density at radius 3 is 2.21 bits per heavy atom. The van der Waals surface area contributed by atoms with Crippen LogP contribution in [0.3, 0.4) is 0 Å². The van der Waals surface area contributed by atoms with Gasteiger partial charge in [-0.2, -0.15) is 0 Å².